The summed E-state index contributed by atoms with van der Waals surface area (Å²) in [7, 11) is -0.391. The first-order chi connectivity index (χ1) is 8.61. The highest BCUT2D eigenvalue weighted by molar-refractivity contribution is 6.59. The van der Waals surface area contributed by atoms with Gasteiger partial charge in [-0.2, -0.15) is 4.39 Å². The molecule has 0 atom stereocenters. The number of methoxy groups -OCH3 is 1. The van der Waals surface area contributed by atoms with Crippen LogP contribution in [0.3, 0.4) is 0 Å². The number of hydrogen-bond donors (Lipinski definition) is 2. The summed E-state index contributed by atoms with van der Waals surface area (Å²) >= 11 is 0. The molecule has 0 unspecified atom stereocenters. The Morgan fingerprint density at radius 2 is 2.06 bits per heavy atom. The van der Waals surface area contributed by atoms with Crippen LogP contribution in [-0.2, 0) is 0 Å². The third-order valence-electron chi connectivity index (χ3n) is 2.28. The van der Waals surface area contributed by atoms with E-state index in [0.29, 0.717) is 11.3 Å². The number of aromatic nitrogens is 3. The van der Waals surface area contributed by atoms with Crippen molar-refractivity contribution in [1.29, 1.82) is 0 Å². The van der Waals surface area contributed by atoms with Gasteiger partial charge < -0.3 is 14.8 Å². The zero-order valence-electron chi connectivity index (χ0n) is 9.41. The number of nitrogens with zero attached hydrogens (tertiary/aromatic N) is 3. The van der Waals surface area contributed by atoms with Gasteiger partial charge in [0.1, 0.15) is 0 Å². The Kier molecular flexibility index (Phi) is 3.49. The van der Waals surface area contributed by atoms with Crippen molar-refractivity contribution in [3.8, 4) is 17.1 Å². The second-order valence-corrected chi connectivity index (χ2v) is 3.44. The van der Waals surface area contributed by atoms with Gasteiger partial charge in [0.25, 0.3) is 0 Å². The lowest BCUT2D eigenvalue weighted by Crippen LogP contribution is -2.32. The SMILES string of the molecule is COc1nnc(-c2ccc(F)nc2)cc1B(O)O. The third-order valence-corrected chi connectivity index (χ3v) is 2.28. The second kappa shape index (κ2) is 5.07. The molecule has 0 amide bonds. The van der Waals surface area contributed by atoms with Crippen LogP contribution in [0.2, 0.25) is 0 Å². The minimum absolute atomic E-state index is 0.0174. The highest BCUT2D eigenvalue weighted by Gasteiger charge is 2.20. The van der Waals surface area contributed by atoms with E-state index in [1.54, 1.807) is 0 Å². The molecule has 6 nitrogen and oxygen atoms in total. The van der Waals surface area contributed by atoms with E-state index < -0.39 is 13.1 Å². The van der Waals surface area contributed by atoms with E-state index in [0.717, 1.165) is 0 Å². The quantitative estimate of drug-likeness (QED) is 0.556. The van der Waals surface area contributed by atoms with E-state index in [-0.39, 0.29) is 11.3 Å². The van der Waals surface area contributed by atoms with E-state index in [2.05, 4.69) is 15.2 Å². The highest BCUT2D eigenvalue weighted by atomic mass is 19.1. The molecule has 0 fully saturated rings. The van der Waals surface area contributed by atoms with E-state index in [4.69, 9.17) is 4.74 Å². The molecule has 0 aliphatic carbocycles. The summed E-state index contributed by atoms with van der Waals surface area (Å²) in [6, 6.07) is 4.04. The van der Waals surface area contributed by atoms with Crippen LogP contribution < -0.4 is 10.2 Å². The normalized spacial score (nSPS) is 10.2. The highest BCUT2D eigenvalue weighted by Crippen LogP contribution is 2.15. The third kappa shape index (κ3) is 2.44. The van der Waals surface area contributed by atoms with Crippen molar-refractivity contribution in [3.63, 3.8) is 0 Å². The van der Waals surface area contributed by atoms with Gasteiger partial charge in [-0.3, -0.25) is 0 Å². The molecule has 2 rings (SSSR count). The van der Waals surface area contributed by atoms with Gasteiger partial charge in [-0.1, -0.05) is 0 Å². The largest absolute Gasteiger partial charge is 0.494 e. The average molecular weight is 249 g/mol. The van der Waals surface area contributed by atoms with Crippen LogP contribution in [0.5, 0.6) is 5.88 Å². The van der Waals surface area contributed by atoms with E-state index >= 15 is 0 Å². The maximum atomic E-state index is 12.7. The Morgan fingerprint density at radius 1 is 1.28 bits per heavy atom. The lowest BCUT2D eigenvalue weighted by atomic mass is 9.80. The molecule has 2 N–H and O–H groups in total. The average Bonchev–Trinajstić information content (AvgIpc) is 2.39. The number of hydrogen-bond acceptors (Lipinski definition) is 6. The summed E-state index contributed by atoms with van der Waals surface area (Å²) in [5, 5.41) is 25.9. The van der Waals surface area contributed by atoms with Crippen molar-refractivity contribution < 1.29 is 19.2 Å². The molecule has 0 saturated carbocycles. The van der Waals surface area contributed by atoms with E-state index in [1.807, 2.05) is 0 Å². The Labute approximate surface area is 102 Å². The lowest BCUT2D eigenvalue weighted by Gasteiger charge is -2.07. The molecule has 0 aliphatic rings. The minimum Gasteiger partial charge on any atom is -0.480 e. The molecule has 92 valence electrons. The molecule has 2 aromatic rings. The number of ether oxygens (including phenoxy) is 1. The van der Waals surface area contributed by atoms with Crippen LogP contribution >= 0.6 is 0 Å². The van der Waals surface area contributed by atoms with Crippen LogP contribution in [0.15, 0.2) is 24.4 Å². The summed E-state index contributed by atoms with van der Waals surface area (Å²) < 4.78 is 17.5. The van der Waals surface area contributed by atoms with Crippen molar-refractivity contribution in [2.45, 2.75) is 0 Å². The maximum Gasteiger partial charge on any atom is 0.494 e. The number of rotatable bonds is 3. The summed E-state index contributed by atoms with van der Waals surface area (Å²) in [4.78, 5) is 3.48. The van der Waals surface area contributed by atoms with E-state index in [9.17, 15) is 14.4 Å². The number of halogens is 1. The fourth-order valence-corrected chi connectivity index (χ4v) is 1.41. The minimum atomic E-state index is -1.73. The van der Waals surface area contributed by atoms with Gasteiger partial charge in [0.05, 0.1) is 12.8 Å². The standard InChI is InChI=1S/C10H9BFN3O3/c1-18-10-7(11(16)17)4-8(14-15-10)6-2-3-9(12)13-5-6/h2-5,16-17H,1H3. The van der Waals surface area contributed by atoms with Crippen molar-refractivity contribution in [3.05, 3.63) is 30.3 Å². The smallest absolute Gasteiger partial charge is 0.480 e. The van der Waals surface area contributed by atoms with Gasteiger partial charge in [-0.05, 0) is 18.2 Å². The molecule has 0 aliphatic heterocycles. The zero-order chi connectivity index (χ0) is 13.1. The van der Waals surface area contributed by atoms with Crippen molar-refractivity contribution in [2.75, 3.05) is 7.11 Å². The fourth-order valence-electron chi connectivity index (χ4n) is 1.41. The first-order valence-corrected chi connectivity index (χ1v) is 5.01. The van der Waals surface area contributed by atoms with Gasteiger partial charge in [0, 0.05) is 17.2 Å². The molecule has 2 heterocycles. The van der Waals surface area contributed by atoms with Gasteiger partial charge >= 0.3 is 7.12 Å². The van der Waals surface area contributed by atoms with Crippen LogP contribution in [0.25, 0.3) is 11.3 Å². The van der Waals surface area contributed by atoms with Gasteiger partial charge in [-0.15, -0.1) is 10.2 Å². The van der Waals surface area contributed by atoms with E-state index in [1.165, 1.54) is 31.5 Å². The van der Waals surface area contributed by atoms with Gasteiger partial charge in [-0.25, -0.2) is 4.98 Å². The lowest BCUT2D eigenvalue weighted by molar-refractivity contribution is 0.386. The van der Waals surface area contributed by atoms with Gasteiger partial charge in [0.2, 0.25) is 11.8 Å². The predicted octanol–water partition coefficient (Wildman–Crippen LogP) is -0.634. The molecule has 0 bridgehead atoms. The molecule has 0 saturated heterocycles. The first kappa shape index (κ1) is 12.4. The van der Waals surface area contributed by atoms with Crippen molar-refractivity contribution in [2.24, 2.45) is 0 Å². The van der Waals surface area contributed by atoms with Crippen LogP contribution in [0.1, 0.15) is 0 Å². The Balaban J connectivity index is 2.46. The summed E-state index contributed by atoms with van der Waals surface area (Å²) in [6.07, 6.45) is 1.28. The summed E-state index contributed by atoms with van der Waals surface area (Å²) in [6.45, 7) is 0. The summed E-state index contributed by atoms with van der Waals surface area (Å²) in [5.41, 5.74) is 0.923. The van der Waals surface area contributed by atoms with Crippen LogP contribution in [0.4, 0.5) is 4.39 Å². The Morgan fingerprint density at radius 3 is 2.61 bits per heavy atom. The molecule has 0 aromatic carbocycles. The number of pyridine rings is 1. The topological polar surface area (TPSA) is 88.4 Å². The maximum absolute atomic E-state index is 12.7. The molecular formula is C10H9BFN3O3. The van der Waals surface area contributed by atoms with Gasteiger partial charge in [0.15, 0.2) is 0 Å². The molecule has 0 spiro atoms. The molecule has 8 heteroatoms. The Hall–Kier alpha value is -2.06. The molecule has 18 heavy (non-hydrogen) atoms. The van der Waals surface area contributed by atoms with Crippen molar-refractivity contribution >= 4 is 12.6 Å². The Bertz CT molecular complexity index is 551. The predicted molar refractivity (Wildman–Crippen MR) is 61.6 cm³/mol. The molecular weight excluding hydrogens is 240 g/mol. The monoisotopic (exact) mass is 249 g/mol. The van der Waals surface area contributed by atoms with Crippen LogP contribution in [-0.4, -0.2) is 39.5 Å². The second-order valence-electron chi connectivity index (χ2n) is 3.44. The van der Waals surface area contributed by atoms with Crippen molar-refractivity contribution in [1.82, 2.24) is 15.2 Å². The first-order valence-electron chi connectivity index (χ1n) is 5.01. The fraction of sp³-hybridized carbons (Fsp3) is 0.100. The zero-order valence-corrected chi connectivity index (χ0v) is 9.41. The van der Waals surface area contributed by atoms with Crippen LogP contribution in [0, 0.1) is 5.95 Å². The summed E-state index contributed by atoms with van der Waals surface area (Å²) in [5.74, 6) is -0.591. The molecule has 2 aromatic heterocycles. The molecule has 0 radical (unpaired) electrons.